The number of fused-ring (bicyclic) bond motifs is 1. The minimum atomic E-state index is -1.59. The number of phenolic OH excluding ortho intramolecular Hbond substituents is 1. The fourth-order valence-corrected chi connectivity index (χ4v) is 4.64. The molecule has 1 fully saturated rings. The van der Waals surface area contributed by atoms with Crippen LogP contribution in [0.3, 0.4) is 0 Å². The fourth-order valence-electron chi connectivity index (χ4n) is 4.64. The Morgan fingerprint density at radius 1 is 0.917 bits per heavy atom. The van der Waals surface area contributed by atoms with Gasteiger partial charge in [0.25, 0.3) is 0 Å². The SMILES string of the molecule is COc1cc(C2Oc3c(O)cc(CCCO)cc3C2CO)ccc1O[C@@H]1O[C@H](CO)[C@@H](O)[C@H](O)[C@H]1O. The Labute approximate surface area is 207 Å². The molecule has 11 nitrogen and oxygen atoms in total. The summed E-state index contributed by atoms with van der Waals surface area (Å²) in [6.07, 6.45) is -6.71. The van der Waals surface area contributed by atoms with E-state index in [4.69, 9.17) is 24.1 Å². The van der Waals surface area contributed by atoms with Crippen LogP contribution in [0.1, 0.15) is 35.1 Å². The van der Waals surface area contributed by atoms with Gasteiger partial charge in [0.15, 0.2) is 23.0 Å². The van der Waals surface area contributed by atoms with Gasteiger partial charge < -0.3 is 54.7 Å². The maximum Gasteiger partial charge on any atom is 0.229 e. The number of ether oxygens (including phenoxy) is 4. The highest BCUT2D eigenvalue weighted by Gasteiger charge is 2.45. The molecule has 1 saturated heterocycles. The van der Waals surface area contributed by atoms with E-state index in [0.29, 0.717) is 24.0 Å². The molecule has 2 aromatic rings. The molecule has 0 bridgehead atoms. The minimum absolute atomic E-state index is 0.0255. The Kier molecular flexibility index (Phi) is 8.20. The molecular weight excluding hydrogens is 476 g/mol. The van der Waals surface area contributed by atoms with Crippen LogP contribution in [0.2, 0.25) is 0 Å². The van der Waals surface area contributed by atoms with Crippen molar-refractivity contribution in [3.8, 4) is 23.0 Å². The van der Waals surface area contributed by atoms with E-state index in [9.17, 15) is 30.6 Å². The summed E-state index contributed by atoms with van der Waals surface area (Å²) in [6, 6.07) is 8.29. The minimum Gasteiger partial charge on any atom is -0.504 e. The zero-order chi connectivity index (χ0) is 26.0. The highest BCUT2D eigenvalue weighted by Crippen LogP contribution is 2.51. The Morgan fingerprint density at radius 2 is 1.69 bits per heavy atom. The summed E-state index contributed by atoms with van der Waals surface area (Å²) >= 11 is 0. The summed E-state index contributed by atoms with van der Waals surface area (Å²) < 4.78 is 22.6. The molecule has 11 heteroatoms. The number of aliphatic hydroxyl groups is 6. The zero-order valence-corrected chi connectivity index (χ0v) is 19.7. The molecule has 0 radical (unpaired) electrons. The third-order valence-corrected chi connectivity index (χ3v) is 6.60. The van der Waals surface area contributed by atoms with Crippen LogP contribution in [0.4, 0.5) is 0 Å². The van der Waals surface area contributed by atoms with E-state index in [2.05, 4.69) is 0 Å². The fraction of sp³-hybridized carbons (Fsp3) is 0.520. The van der Waals surface area contributed by atoms with E-state index < -0.39 is 49.3 Å². The highest BCUT2D eigenvalue weighted by atomic mass is 16.7. The van der Waals surface area contributed by atoms with Gasteiger partial charge in [0.05, 0.1) is 26.2 Å². The first-order chi connectivity index (χ1) is 17.3. The van der Waals surface area contributed by atoms with Crippen molar-refractivity contribution >= 4 is 0 Å². The van der Waals surface area contributed by atoms with Gasteiger partial charge in [0.2, 0.25) is 6.29 Å². The Morgan fingerprint density at radius 3 is 2.36 bits per heavy atom. The molecule has 36 heavy (non-hydrogen) atoms. The normalized spacial score (nSPS) is 29.5. The average Bonchev–Trinajstić information content (AvgIpc) is 3.27. The Hall–Kier alpha value is -2.64. The van der Waals surface area contributed by atoms with Crippen molar-refractivity contribution in [1.82, 2.24) is 0 Å². The van der Waals surface area contributed by atoms with Crippen molar-refractivity contribution in [3.05, 3.63) is 47.0 Å². The first-order valence-corrected chi connectivity index (χ1v) is 11.7. The van der Waals surface area contributed by atoms with Gasteiger partial charge in [-0.2, -0.15) is 0 Å². The van der Waals surface area contributed by atoms with Crippen LogP contribution < -0.4 is 14.2 Å². The van der Waals surface area contributed by atoms with Crippen molar-refractivity contribution in [2.24, 2.45) is 0 Å². The van der Waals surface area contributed by atoms with Gasteiger partial charge in [-0.15, -0.1) is 0 Å². The number of phenols is 1. The van der Waals surface area contributed by atoms with Gasteiger partial charge in [-0.1, -0.05) is 12.1 Å². The van der Waals surface area contributed by atoms with Crippen molar-refractivity contribution in [2.75, 3.05) is 26.9 Å². The van der Waals surface area contributed by atoms with Crippen LogP contribution >= 0.6 is 0 Å². The van der Waals surface area contributed by atoms with Crippen LogP contribution in [0.25, 0.3) is 0 Å². The molecule has 2 aliphatic rings. The molecule has 2 unspecified atom stereocenters. The molecular formula is C25H32O11. The van der Waals surface area contributed by atoms with Crippen LogP contribution in [0, 0.1) is 0 Å². The van der Waals surface area contributed by atoms with Crippen LogP contribution in [-0.2, 0) is 11.2 Å². The summed E-state index contributed by atoms with van der Waals surface area (Å²) in [7, 11) is 1.41. The molecule has 0 amide bonds. The lowest BCUT2D eigenvalue weighted by molar-refractivity contribution is -0.277. The summed E-state index contributed by atoms with van der Waals surface area (Å²) in [5, 5.41) is 69.4. The van der Waals surface area contributed by atoms with Crippen molar-refractivity contribution in [3.63, 3.8) is 0 Å². The molecule has 0 saturated carbocycles. The van der Waals surface area contributed by atoms with Crippen molar-refractivity contribution in [2.45, 2.75) is 55.6 Å². The van der Waals surface area contributed by atoms with Gasteiger partial charge >= 0.3 is 0 Å². The zero-order valence-electron chi connectivity index (χ0n) is 19.7. The number of benzene rings is 2. The number of rotatable bonds is 9. The Bertz CT molecular complexity index is 1040. The second-order valence-electron chi connectivity index (χ2n) is 8.91. The maximum atomic E-state index is 10.5. The molecule has 2 aromatic carbocycles. The van der Waals surface area contributed by atoms with Gasteiger partial charge in [0, 0.05) is 12.2 Å². The third kappa shape index (κ3) is 4.96. The summed E-state index contributed by atoms with van der Waals surface area (Å²) in [5.41, 5.74) is 2.11. The lowest BCUT2D eigenvalue weighted by Crippen LogP contribution is -2.60. The second kappa shape index (κ2) is 11.2. The number of methoxy groups -OCH3 is 1. The molecule has 7 atom stereocenters. The summed E-state index contributed by atoms with van der Waals surface area (Å²) in [4.78, 5) is 0. The van der Waals surface area contributed by atoms with E-state index >= 15 is 0 Å². The second-order valence-corrected chi connectivity index (χ2v) is 8.91. The quantitative estimate of drug-likeness (QED) is 0.237. The van der Waals surface area contributed by atoms with E-state index in [1.807, 2.05) is 6.07 Å². The maximum absolute atomic E-state index is 10.5. The van der Waals surface area contributed by atoms with Gasteiger partial charge in [-0.25, -0.2) is 0 Å². The number of hydrogen-bond acceptors (Lipinski definition) is 11. The van der Waals surface area contributed by atoms with Crippen molar-refractivity contribution in [1.29, 1.82) is 0 Å². The van der Waals surface area contributed by atoms with Crippen LogP contribution in [-0.4, -0.2) is 93.4 Å². The molecule has 2 heterocycles. The molecule has 7 N–H and O–H groups in total. The molecule has 0 aliphatic carbocycles. The van der Waals surface area contributed by atoms with Crippen LogP contribution in [0.5, 0.6) is 23.0 Å². The lowest BCUT2D eigenvalue weighted by atomic mass is 9.90. The van der Waals surface area contributed by atoms with E-state index in [0.717, 1.165) is 5.56 Å². The van der Waals surface area contributed by atoms with Gasteiger partial charge in [-0.3, -0.25) is 0 Å². The molecule has 2 aliphatic heterocycles. The molecule has 4 rings (SSSR count). The van der Waals surface area contributed by atoms with Gasteiger partial charge in [-0.05, 0) is 42.2 Å². The molecule has 198 valence electrons. The smallest absolute Gasteiger partial charge is 0.229 e. The first-order valence-electron chi connectivity index (χ1n) is 11.7. The standard InChI is InChI=1S/C25H32O11/c1-33-18-9-13(4-5-17(18)34-25-22(32)21(31)20(30)19(11-28)35-25)23-15(10-27)14-7-12(3-2-6-26)8-16(29)24(14)36-23/h4-5,7-9,15,19-23,25-32H,2-3,6,10-11H2,1H3/t15?,19-,20-,21+,22-,23?,25-/m1/s1. The lowest BCUT2D eigenvalue weighted by Gasteiger charge is -2.39. The van der Waals surface area contributed by atoms with E-state index in [1.54, 1.807) is 24.3 Å². The van der Waals surface area contributed by atoms with E-state index in [1.165, 1.54) is 7.11 Å². The molecule has 0 spiro atoms. The number of hydrogen-bond donors (Lipinski definition) is 7. The van der Waals surface area contributed by atoms with Crippen molar-refractivity contribution < 1.29 is 54.7 Å². The Balaban J connectivity index is 1.58. The summed E-state index contributed by atoms with van der Waals surface area (Å²) in [5.74, 6) is 0.176. The summed E-state index contributed by atoms with van der Waals surface area (Å²) in [6.45, 7) is -0.804. The highest BCUT2D eigenvalue weighted by molar-refractivity contribution is 5.55. The van der Waals surface area contributed by atoms with Gasteiger partial charge in [0.1, 0.15) is 30.5 Å². The van der Waals surface area contributed by atoms with E-state index in [-0.39, 0.29) is 36.2 Å². The monoisotopic (exact) mass is 508 g/mol. The number of aromatic hydroxyl groups is 1. The largest absolute Gasteiger partial charge is 0.504 e. The van der Waals surface area contributed by atoms with Crippen LogP contribution in [0.15, 0.2) is 30.3 Å². The average molecular weight is 509 g/mol. The predicted octanol–water partition coefficient (Wildman–Crippen LogP) is -0.286. The third-order valence-electron chi connectivity index (χ3n) is 6.60. The topological polar surface area (TPSA) is 179 Å². The number of aliphatic hydroxyl groups excluding tert-OH is 6. The predicted molar refractivity (Wildman–Crippen MR) is 124 cm³/mol. The number of aryl methyl sites for hydroxylation is 1. The molecule has 0 aromatic heterocycles. The first kappa shape index (κ1) is 26.4.